The number of fused-ring (bicyclic) bond motifs is 1. The predicted molar refractivity (Wildman–Crippen MR) is 86.8 cm³/mol. The molecule has 2 aliphatic rings. The zero-order valence-electron chi connectivity index (χ0n) is 14.8. The van der Waals surface area contributed by atoms with Gasteiger partial charge in [0, 0.05) is 32.9 Å². The standard InChI is InChI=1S/C16H31NO3Si/c1-15(2,3)21(7,8)20-12-10-16(4)14(19-16)11(12)9-13(18)17(5)6/h11-12,14H,9-10H2,1-8H3/t11-,12-,14+,16-/m1/s1. The number of epoxide rings is 1. The lowest BCUT2D eigenvalue weighted by atomic mass is 9.99. The minimum Gasteiger partial charge on any atom is -0.413 e. The number of carbonyl (C=O) groups excluding carboxylic acids is 1. The van der Waals surface area contributed by atoms with E-state index < -0.39 is 8.32 Å². The Hall–Kier alpha value is -0.393. The zero-order valence-corrected chi connectivity index (χ0v) is 15.8. The van der Waals surface area contributed by atoms with E-state index >= 15 is 0 Å². The first-order valence-corrected chi connectivity index (χ1v) is 10.8. The van der Waals surface area contributed by atoms with Crippen LogP contribution >= 0.6 is 0 Å². The van der Waals surface area contributed by atoms with E-state index in [1.807, 2.05) is 14.1 Å². The quantitative estimate of drug-likeness (QED) is 0.592. The number of ether oxygens (including phenoxy) is 1. The number of hydrogen-bond donors (Lipinski definition) is 0. The van der Waals surface area contributed by atoms with E-state index in [1.165, 1.54) is 0 Å². The van der Waals surface area contributed by atoms with Gasteiger partial charge in [0.2, 0.25) is 5.91 Å². The summed E-state index contributed by atoms with van der Waals surface area (Å²) in [6, 6.07) is 0. The summed E-state index contributed by atoms with van der Waals surface area (Å²) < 4.78 is 12.4. The second-order valence-electron chi connectivity index (χ2n) is 8.63. The van der Waals surface area contributed by atoms with E-state index in [-0.39, 0.29) is 34.7 Å². The lowest BCUT2D eigenvalue weighted by Gasteiger charge is -2.40. The van der Waals surface area contributed by atoms with Crippen molar-refractivity contribution in [2.45, 2.75) is 76.5 Å². The molecule has 4 nitrogen and oxygen atoms in total. The van der Waals surface area contributed by atoms with E-state index in [1.54, 1.807) is 4.90 Å². The lowest BCUT2D eigenvalue weighted by molar-refractivity contribution is -0.130. The Bertz CT molecular complexity index is 430. The molecule has 2 rings (SSSR count). The monoisotopic (exact) mass is 313 g/mol. The van der Waals surface area contributed by atoms with Gasteiger partial charge < -0.3 is 14.1 Å². The van der Waals surface area contributed by atoms with Crippen LogP contribution in [0.4, 0.5) is 0 Å². The molecule has 2 fully saturated rings. The number of hydrogen-bond acceptors (Lipinski definition) is 3. The van der Waals surface area contributed by atoms with Crippen molar-refractivity contribution >= 4 is 14.2 Å². The van der Waals surface area contributed by atoms with Gasteiger partial charge in [-0.3, -0.25) is 4.79 Å². The van der Waals surface area contributed by atoms with Crippen LogP contribution in [-0.4, -0.2) is 51.0 Å². The van der Waals surface area contributed by atoms with Crippen LogP contribution in [0.5, 0.6) is 0 Å². The molecular formula is C16H31NO3Si. The summed E-state index contributed by atoms with van der Waals surface area (Å²) >= 11 is 0. The van der Waals surface area contributed by atoms with Crippen LogP contribution in [0, 0.1) is 5.92 Å². The van der Waals surface area contributed by atoms with Crippen LogP contribution in [0.25, 0.3) is 0 Å². The highest BCUT2D eigenvalue weighted by Crippen LogP contribution is 2.56. The molecule has 0 spiro atoms. The van der Waals surface area contributed by atoms with E-state index in [9.17, 15) is 4.79 Å². The summed E-state index contributed by atoms with van der Waals surface area (Å²) in [5, 5.41) is 0.192. The second kappa shape index (κ2) is 5.07. The van der Waals surface area contributed by atoms with E-state index in [4.69, 9.17) is 9.16 Å². The number of rotatable bonds is 4. The van der Waals surface area contributed by atoms with E-state index in [0.717, 1.165) is 6.42 Å². The van der Waals surface area contributed by atoms with Gasteiger partial charge in [0.1, 0.15) is 0 Å². The van der Waals surface area contributed by atoms with Crippen LogP contribution < -0.4 is 0 Å². The van der Waals surface area contributed by atoms with Crippen LogP contribution in [0.15, 0.2) is 0 Å². The molecule has 1 saturated carbocycles. The fourth-order valence-corrected chi connectivity index (χ4v) is 4.38. The third-order valence-electron chi connectivity index (χ3n) is 5.58. The van der Waals surface area contributed by atoms with Gasteiger partial charge in [-0.25, -0.2) is 0 Å². The second-order valence-corrected chi connectivity index (χ2v) is 13.4. The first-order chi connectivity index (χ1) is 9.37. The topological polar surface area (TPSA) is 42.1 Å². The zero-order chi connectivity index (χ0) is 16.2. The first-order valence-electron chi connectivity index (χ1n) is 7.93. The van der Waals surface area contributed by atoms with Crippen LogP contribution in [0.2, 0.25) is 18.1 Å². The Balaban J connectivity index is 2.09. The van der Waals surface area contributed by atoms with Crippen molar-refractivity contribution in [2.75, 3.05) is 14.1 Å². The first kappa shape index (κ1) is 17.0. The third-order valence-corrected chi connectivity index (χ3v) is 10.1. The Kier molecular flexibility index (Phi) is 4.09. The van der Waals surface area contributed by atoms with Crippen molar-refractivity contribution in [3.63, 3.8) is 0 Å². The Morgan fingerprint density at radius 1 is 1.38 bits per heavy atom. The van der Waals surface area contributed by atoms with Crippen molar-refractivity contribution in [1.82, 2.24) is 4.90 Å². The molecule has 1 aliphatic heterocycles. The van der Waals surface area contributed by atoms with Crippen molar-refractivity contribution in [1.29, 1.82) is 0 Å². The van der Waals surface area contributed by atoms with Crippen LogP contribution in [-0.2, 0) is 14.0 Å². The number of carbonyl (C=O) groups is 1. The molecule has 1 amide bonds. The van der Waals surface area contributed by atoms with Crippen molar-refractivity contribution in [3.8, 4) is 0 Å². The van der Waals surface area contributed by atoms with Crippen molar-refractivity contribution in [3.05, 3.63) is 0 Å². The summed E-state index contributed by atoms with van der Waals surface area (Å²) in [6.07, 6.45) is 1.83. The SMILES string of the molecule is CN(C)C(=O)C[C@@H]1[C@H](O[Si](C)(C)C(C)(C)C)C[C@@]2(C)O[C@@H]12. The van der Waals surface area contributed by atoms with E-state index in [2.05, 4.69) is 40.8 Å². The van der Waals surface area contributed by atoms with Gasteiger partial charge >= 0.3 is 0 Å². The normalized spacial score (nSPS) is 35.5. The van der Waals surface area contributed by atoms with Gasteiger partial charge in [-0.15, -0.1) is 0 Å². The van der Waals surface area contributed by atoms with Gasteiger partial charge in [0.05, 0.1) is 17.8 Å². The fraction of sp³-hybridized carbons (Fsp3) is 0.938. The fourth-order valence-electron chi connectivity index (χ4n) is 3.01. The Labute approximate surface area is 130 Å². The third kappa shape index (κ3) is 3.20. The maximum absolute atomic E-state index is 12.1. The highest BCUT2D eigenvalue weighted by Gasteiger charge is 2.66. The van der Waals surface area contributed by atoms with Gasteiger partial charge in [-0.1, -0.05) is 20.8 Å². The van der Waals surface area contributed by atoms with Gasteiger partial charge in [-0.2, -0.15) is 0 Å². The van der Waals surface area contributed by atoms with Gasteiger partial charge in [-0.05, 0) is 25.1 Å². The summed E-state index contributed by atoms with van der Waals surface area (Å²) in [5.74, 6) is 0.377. The van der Waals surface area contributed by atoms with Gasteiger partial charge in [0.25, 0.3) is 0 Å². The molecule has 4 atom stereocenters. The molecule has 1 heterocycles. The van der Waals surface area contributed by atoms with Crippen molar-refractivity contribution in [2.24, 2.45) is 5.92 Å². The minimum absolute atomic E-state index is 0.0513. The maximum atomic E-state index is 12.1. The summed E-state index contributed by atoms with van der Waals surface area (Å²) in [7, 11) is 1.81. The molecular weight excluding hydrogens is 282 g/mol. The Morgan fingerprint density at radius 2 is 1.95 bits per heavy atom. The molecule has 0 aromatic heterocycles. The molecule has 0 radical (unpaired) electrons. The summed E-state index contributed by atoms with van der Waals surface area (Å²) in [4.78, 5) is 13.8. The smallest absolute Gasteiger partial charge is 0.222 e. The molecule has 1 aliphatic carbocycles. The summed E-state index contributed by atoms with van der Waals surface area (Å²) in [5.41, 5.74) is -0.0513. The average molecular weight is 314 g/mol. The predicted octanol–water partition coefficient (Wildman–Crippen LogP) is 3.03. The molecule has 21 heavy (non-hydrogen) atoms. The van der Waals surface area contributed by atoms with Crippen LogP contribution in [0.3, 0.4) is 0 Å². The Morgan fingerprint density at radius 3 is 2.43 bits per heavy atom. The molecule has 122 valence electrons. The molecule has 1 saturated heterocycles. The molecule has 5 heteroatoms. The largest absolute Gasteiger partial charge is 0.413 e. The summed E-state index contributed by atoms with van der Waals surface area (Å²) in [6.45, 7) is 13.5. The highest BCUT2D eigenvalue weighted by molar-refractivity contribution is 6.74. The molecule has 0 unspecified atom stereocenters. The minimum atomic E-state index is -1.81. The van der Waals surface area contributed by atoms with E-state index in [0.29, 0.717) is 6.42 Å². The number of nitrogens with zero attached hydrogens (tertiary/aromatic N) is 1. The number of amides is 1. The average Bonchev–Trinajstić information content (AvgIpc) is 2.87. The molecule has 0 aromatic carbocycles. The molecule has 0 aromatic rings. The lowest BCUT2D eigenvalue weighted by Crippen LogP contribution is -2.46. The van der Waals surface area contributed by atoms with Crippen molar-refractivity contribution < 1.29 is 14.0 Å². The van der Waals surface area contributed by atoms with Crippen LogP contribution in [0.1, 0.15) is 40.5 Å². The molecule has 0 N–H and O–H groups in total. The molecule has 0 bridgehead atoms. The maximum Gasteiger partial charge on any atom is 0.222 e. The highest BCUT2D eigenvalue weighted by atomic mass is 28.4. The van der Waals surface area contributed by atoms with Gasteiger partial charge in [0.15, 0.2) is 8.32 Å².